The molecule has 0 bridgehead atoms. The summed E-state index contributed by atoms with van der Waals surface area (Å²) in [6, 6.07) is 11.0. The summed E-state index contributed by atoms with van der Waals surface area (Å²) >= 11 is 9.35. The van der Waals surface area contributed by atoms with Crippen LogP contribution in [0.1, 0.15) is 22.8 Å². The Hall–Kier alpha value is -1.52. The molecular weight excluding hydrogens is 352 g/mol. The molecule has 0 saturated carbocycles. The van der Waals surface area contributed by atoms with E-state index in [0.29, 0.717) is 10.6 Å². The van der Waals surface area contributed by atoms with Gasteiger partial charge in [-0.15, -0.1) is 0 Å². The van der Waals surface area contributed by atoms with E-state index in [-0.39, 0.29) is 11.9 Å². The molecule has 2 N–H and O–H groups in total. The molecule has 2 aromatic rings. The minimum atomic E-state index is -0.0246. The lowest BCUT2D eigenvalue weighted by Crippen LogP contribution is -2.35. The molecule has 108 valence electrons. The van der Waals surface area contributed by atoms with E-state index in [1.807, 2.05) is 30.0 Å². The van der Waals surface area contributed by atoms with Crippen LogP contribution < -0.4 is 10.6 Å². The van der Waals surface area contributed by atoms with Crippen LogP contribution in [-0.2, 0) is 6.42 Å². The Morgan fingerprint density at radius 3 is 2.81 bits per heavy atom. The molecule has 0 radical (unpaired) electrons. The SMILES string of the molecule is CC1Cc2cc(N)ccc2N1C(=O)c1ccc(Cl)c(Br)c1. The Labute approximate surface area is 136 Å². The van der Waals surface area contributed by atoms with Gasteiger partial charge in [0.2, 0.25) is 0 Å². The third-order valence-electron chi connectivity index (χ3n) is 3.70. The molecule has 3 nitrogen and oxygen atoms in total. The largest absolute Gasteiger partial charge is 0.399 e. The van der Waals surface area contributed by atoms with Gasteiger partial charge in [-0.1, -0.05) is 11.6 Å². The fourth-order valence-electron chi connectivity index (χ4n) is 2.73. The minimum absolute atomic E-state index is 0.0246. The first kappa shape index (κ1) is 14.4. The highest BCUT2D eigenvalue weighted by Crippen LogP contribution is 2.35. The lowest BCUT2D eigenvalue weighted by molar-refractivity contribution is 0.0981. The molecular formula is C16H14BrClN2O. The van der Waals surface area contributed by atoms with Gasteiger partial charge in [0.05, 0.1) is 5.02 Å². The molecule has 0 aromatic heterocycles. The van der Waals surface area contributed by atoms with Gasteiger partial charge in [0.15, 0.2) is 0 Å². The fraction of sp³-hybridized carbons (Fsp3) is 0.188. The van der Waals surface area contributed by atoms with Crippen molar-refractivity contribution in [2.24, 2.45) is 0 Å². The predicted octanol–water partition coefficient (Wildman–Crippen LogP) is 4.28. The number of nitrogen functional groups attached to an aromatic ring is 1. The molecule has 0 saturated heterocycles. The number of carbonyl (C=O) groups excluding carboxylic acids is 1. The number of rotatable bonds is 1. The van der Waals surface area contributed by atoms with E-state index in [4.69, 9.17) is 17.3 Å². The van der Waals surface area contributed by atoms with Gasteiger partial charge < -0.3 is 10.6 Å². The third-order valence-corrected chi connectivity index (χ3v) is 4.92. The molecule has 0 aliphatic carbocycles. The van der Waals surface area contributed by atoms with Crippen LogP contribution in [0, 0.1) is 0 Å². The van der Waals surface area contributed by atoms with Gasteiger partial charge in [0.25, 0.3) is 5.91 Å². The Morgan fingerprint density at radius 1 is 1.33 bits per heavy atom. The Morgan fingerprint density at radius 2 is 2.10 bits per heavy atom. The molecule has 0 fully saturated rings. The van der Waals surface area contributed by atoms with Crippen LogP contribution in [0.25, 0.3) is 0 Å². The van der Waals surface area contributed by atoms with Crippen LogP contribution in [0.15, 0.2) is 40.9 Å². The van der Waals surface area contributed by atoms with Crippen LogP contribution in [0.3, 0.4) is 0 Å². The first-order valence-corrected chi connectivity index (χ1v) is 7.81. The maximum atomic E-state index is 12.8. The number of amides is 1. The summed E-state index contributed by atoms with van der Waals surface area (Å²) in [5.41, 5.74) is 9.21. The van der Waals surface area contributed by atoms with Crippen LogP contribution in [0.4, 0.5) is 11.4 Å². The number of benzene rings is 2. The number of anilines is 2. The highest BCUT2D eigenvalue weighted by Gasteiger charge is 2.31. The highest BCUT2D eigenvalue weighted by atomic mass is 79.9. The summed E-state index contributed by atoms with van der Waals surface area (Å²) in [6.45, 7) is 2.04. The van der Waals surface area contributed by atoms with Crippen molar-refractivity contribution in [2.45, 2.75) is 19.4 Å². The molecule has 1 aliphatic heterocycles. The average Bonchev–Trinajstić information content (AvgIpc) is 2.76. The number of hydrogen-bond donors (Lipinski definition) is 1. The second-order valence-electron chi connectivity index (χ2n) is 5.25. The molecule has 1 unspecified atom stereocenters. The van der Waals surface area contributed by atoms with Gasteiger partial charge in [-0.3, -0.25) is 4.79 Å². The van der Waals surface area contributed by atoms with Gasteiger partial charge in [-0.25, -0.2) is 0 Å². The van der Waals surface area contributed by atoms with Crippen molar-refractivity contribution < 1.29 is 4.79 Å². The summed E-state index contributed by atoms with van der Waals surface area (Å²) in [7, 11) is 0. The first-order valence-electron chi connectivity index (χ1n) is 6.64. The first-order chi connectivity index (χ1) is 9.97. The van der Waals surface area contributed by atoms with Crippen LogP contribution >= 0.6 is 27.5 Å². The topological polar surface area (TPSA) is 46.3 Å². The summed E-state index contributed by atoms with van der Waals surface area (Å²) in [4.78, 5) is 14.6. The molecule has 1 atom stereocenters. The van der Waals surface area contributed by atoms with E-state index in [0.717, 1.165) is 27.8 Å². The third kappa shape index (κ3) is 2.54. The van der Waals surface area contributed by atoms with E-state index >= 15 is 0 Å². The van der Waals surface area contributed by atoms with Gasteiger partial charge in [0.1, 0.15) is 0 Å². The van der Waals surface area contributed by atoms with Gasteiger partial charge >= 0.3 is 0 Å². The normalized spacial score (nSPS) is 16.9. The summed E-state index contributed by atoms with van der Waals surface area (Å²) in [5.74, 6) is -0.0246. The summed E-state index contributed by atoms with van der Waals surface area (Å²) in [5, 5.41) is 0.592. The average molecular weight is 366 g/mol. The lowest BCUT2D eigenvalue weighted by Gasteiger charge is -2.23. The van der Waals surface area contributed by atoms with Crippen LogP contribution in [-0.4, -0.2) is 11.9 Å². The zero-order valence-electron chi connectivity index (χ0n) is 11.4. The number of halogens is 2. The van der Waals surface area contributed by atoms with Crippen molar-refractivity contribution in [1.82, 2.24) is 0 Å². The molecule has 5 heteroatoms. The van der Waals surface area contributed by atoms with E-state index < -0.39 is 0 Å². The van der Waals surface area contributed by atoms with Crippen LogP contribution in [0.2, 0.25) is 5.02 Å². The van der Waals surface area contributed by atoms with Crippen molar-refractivity contribution in [3.63, 3.8) is 0 Å². The predicted molar refractivity (Wildman–Crippen MR) is 90.0 cm³/mol. The molecule has 2 aromatic carbocycles. The Bertz CT molecular complexity index is 732. The maximum Gasteiger partial charge on any atom is 0.258 e. The van der Waals surface area contributed by atoms with Crippen molar-refractivity contribution in [1.29, 1.82) is 0 Å². The molecule has 21 heavy (non-hydrogen) atoms. The smallest absolute Gasteiger partial charge is 0.258 e. The van der Waals surface area contributed by atoms with Gasteiger partial charge in [0, 0.05) is 27.5 Å². The fourth-order valence-corrected chi connectivity index (χ4v) is 3.23. The second kappa shape index (κ2) is 5.35. The van der Waals surface area contributed by atoms with Crippen LogP contribution in [0.5, 0.6) is 0 Å². The van der Waals surface area contributed by atoms with Gasteiger partial charge in [-0.2, -0.15) is 0 Å². The number of nitrogens with two attached hydrogens (primary N) is 1. The van der Waals surface area contributed by atoms with Crippen molar-refractivity contribution in [2.75, 3.05) is 10.6 Å². The zero-order valence-corrected chi connectivity index (χ0v) is 13.8. The highest BCUT2D eigenvalue weighted by molar-refractivity contribution is 9.10. The van der Waals surface area contributed by atoms with E-state index in [1.165, 1.54) is 0 Å². The number of hydrogen-bond acceptors (Lipinski definition) is 2. The number of carbonyl (C=O) groups is 1. The molecule has 1 heterocycles. The van der Waals surface area contributed by atoms with E-state index in [9.17, 15) is 4.79 Å². The number of fused-ring (bicyclic) bond motifs is 1. The van der Waals surface area contributed by atoms with Crippen molar-refractivity contribution in [3.05, 3.63) is 57.0 Å². The standard InChI is InChI=1S/C16H14BrClN2O/c1-9-6-11-7-12(19)3-5-15(11)20(9)16(21)10-2-4-14(18)13(17)8-10/h2-5,7-9H,6,19H2,1H3. The summed E-state index contributed by atoms with van der Waals surface area (Å²) in [6.07, 6.45) is 0.820. The zero-order chi connectivity index (χ0) is 15.1. The van der Waals surface area contributed by atoms with E-state index in [1.54, 1.807) is 18.2 Å². The molecule has 1 aliphatic rings. The second-order valence-corrected chi connectivity index (χ2v) is 6.51. The molecule has 1 amide bonds. The number of nitrogens with zero attached hydrogens (tertiary/aromatic N) is 1. The molecule has 3 rings (SSSR count). The monoisotopic (exact) mass is 364 g/mol. The van der Waals surface area contributed by atoms with Crippen molar-refractivity contribution in [3.8, 4) is 0 Å². The lowest BCUT2D eigenvalue weighted by atomic mass is 10.1. The Kier molecular flexibility index (Phi) is 3.68. The van der Waals surface area contributed by atoms with E-state index in [2.05, 4.69) is 15.9 Å². The Balaban J connectivity index is 2.00. The van der Waals surface area contributed by atoms with Crippen molar-refractivity contribution >= 4 is 44.8 Å². The summed E-state index contributed by atoms with van der Waals surface area (Å²) < 4.78 is 0.722. The minimum Gasteiger partial charge on any atom is -0.399 e. The van der Waals surface area contributed by atoms with Gasteiger partial charge in [-0.05, 0) is 71.2 Å². The molecule has 0 spiro atoms. The quantitative estimate of drug-likeness (QED) is 0.767. The maximum absolute atomic E-state index is 12.8.